The molecule has 7 aromatic rings. The average molecular weight is 769 g/mol. The van der Waals surface area contributed by atoms with E-state index < -0.39 is 0 Å². The van der Waals surface area contributed by atoms with Crippen molar-refractivity contribution in [1.82, 2.24) is 9.97 Å². The Morgan fingerprint density at radius 3 is 0.929 bits per heavy atom. The number of nitrogens with zero attached hydrogens (tertiary/aromatic N) is 2. The van der Waals surface area contributed by atoms with E-state index in [9.17, 15) is 0 Å². The number of rotatable bonds is 0. The maximum absolute atomic E-state index is 5.51. The molecule has 0 saturated carbocycles. The second-order valence-electron chi connectivity index (χ2n) is 20.0. The van der Waals surface area contributed by atoms with Crippen molar-refractivity contribution in [2.45, 2.75) is 105 Å². The Morgan fingerprint density at radius 2 is 0.589 bits per heavy atom. The predicted molar refractivity (Wildman–Crippen MR) is 247 cm³/mol. The summed E-state index contributed by atoms with van der Waals surface area (Å²) in [5.41, 5.74) is 14.3. The van der Waals surface area contributed by atoms with Gasteiger partial charge in [-0.25, -0.2) is 9.97 Å². The SMILES string of the molecule is CC(C)(C)c1ccc2c(c1)-c1cc3sc(cc4nc(cc5sc(cc-2n1)c1cc(C(C)(C)C)ccc51)-c1cc(C(C)(C)C)ccc1-4)c1cc(C(C)(C)C)ccc31. The van der Waals surface area contributed by atoms with Crippen molar-refractivity contribution in [3.63, 3.8) is 0 Å². The molecule has 0 aliphatic carbocycles. The molecule has 8 bridgehead atoms. The van der Waals surface area contributed by atoms with Gasteiger partial charge in [-0.3, -0.25) is 0 Å². The second-order valence-corrected chi connectivity index (χ2v) is 22.2. The minimum atomic E-state index is 0.0165. The standard InChI is InChI=1S/C52H52N2S2/c1-49(2,3)29-13-17-33-37(21-29)43-27-45-35-19-15-31(51(7,8)9)23-39(35)48(55-45)26-42-34-18-14-30(50(4,5)6)22-38(34)44(54-42)28-46-36-20-16-32(52(10,11)12)24-40(36)47(56-46)25-41(33)53-43/h13-28H,1-12H3. The predicted octanol–water partition coefficient (Wildman–Crippen LogP) is 15.9. The molecule has 9 rings (SSSR count). The van der Waals surface area contributed by atoms with Crippen LogP contribution in [-0.4, -0.2) is 9.97 Å². The fraction of sp³-hybridized carbons (Fsp3) is 0.308. The van der Waals surface area contributed by atoms with Gasteiger partial charge in [0, 0.05) is 62.6 Å². The summed E-state index contributed by atoms with van der Waals surface area (Å²) in [5, 5.41) is 5.06. The van der Waals surface area contributed by atoms with Crippen LogP contribution in [0.15, 0.2) is 97.1 Å². The fourth-order valence-corrected chi connectivity index (χ4v) is 10.4. The summed E-state index contributed by atoms with van der Waals surface area (Å²) in [4.78, 5) is 11.0. The summed E-state index contributed by atoms with van der Waals surface area (Å²) < 4.78 is 4.91. The molecule has 0 spiro atoms. The molecule has 0 atom stereocenters. The summed E-state index contributed by atoms with van der Waals surface area (Å²) in [5.74, 6) is 0. The van der Waals surface area contributed by atoms with Gasteiger partial charge in [0.25, 0.3) is 0 Å². The van der Waals surface area contributed by atoms with Gasteiger partial charge < -0.3 is 0 Å². The van der Waals surface area contributed by atoms with Gasteiger partial charge in [-0.1, -0.05) is 132 Å². The zero-order valence-electron chi connectivity index (χ0n) is 34.9. The maximum Gasteiger partial charge on any atom is 0.0730 e. The Balaban J connectivity index is 1.47. The summed E-state index contributed by atoms with van der Waals surface area (Å²) in [7, 11) is 0. The van der Waals surface area contributed by atoms with Crippen LogP contribution in [0.5, 0.6) is 0 Å². The lowest BCUT2D eigenvalue weighted by Crippen LogP contribution is -2.10. The molecule has 2 nitrogen and oxygen atoms in total. The number of aromatic nitrogens is 2. The number of hydrogen-bond donors (Lipinski definition) is 0. The Kier molecular flexibility index (Phi) is 8.20. The van der Waals surface area contributed by atoms with Crippen LogP contribution < -0.4 is 0 Å². The van der Waals surface area contributed by atoms with Crippen molar-refractivity contribution in [1.29, 1.82) is 0 Å². The Bertz CT molecular complexity index is 2740. The van der Waals surface area contributed by atoms with Crippen molar-refractivity contribution >= 4 is 63.0 Å². The molecular formula is C52H52N2S2. The lowest BCUT2D eigenvalue weighted by molar-refractivity contribution is 0.590. The van der Waals surface area contributed by atoms with Crippen molar-refractivity contribution < 1.29 is 0 Å². The molecule has 5 heterocycles. The lowest BCUT2D eigenvalue weighted by Gasteiger charge is -2.20. The molecule has 0 radical (unpaired) electrons. The third kappa shape index (κ3) is 6.30. The first-order chi connectivity index (χ1) is 26.2. The highest BCUT2D eigenvalue weighted by Crippen LogP contribution is 2.46. The molecule has 2 aliphatic heterocycles. The number of hydrogen-bond acceptors (Lipinski definition) is 4. The topological polar surface area (TPSA) is 25.8 Å². The van der Waals surface area contributed by atoms with Gasteiger partial charge in [0.1, 0.15) is 0 Å². The zero-order chi connectivity index (χ0) is 39.7. The van der Waals surface area contributed by atoms with Crippen LogP contribution in [0.1, 0.15) is 105 Å². The minimum Gasteiger partial charge on any atom is -0.248 e. The summed E-state index contributed by atoms with van der Waals surface area (Å²) in [6.07, 6.45) is 0. The van der Waals surface area contributed by atoms with Crippen molar-refractivity contribution in [2.75, 3.05) is 0 Å². The third-order valence-electron chi connectivity index (χ3n) is 11.7. The van der Waals surface area contributed by atoms with Crippen molar-refractivity contribution in [3.05, 3.63) is 119 Å². The van der Waals surface area contributed by atoms with Crippen LogP contribution in [0.4, 0.5) is 0 Å². The van der Waals surface area contributed by atoms with Gasteiger partial charge in [0.2, 0.25) is 0 Å². The fourth-order valence-electron chi connectivity index (χ4n) is 8.07. The first-order valence-electron chi connectivity index (χ1n) is 20.0. The van der Waals surface area contributed by atoms with E-state index in [4.69, 9.17) is 9.97 Å². The van der Waals surface area contributed by atoms with Crippen LogP contribution in [0.25, 0.3) is 85.4 Å². The lowest BCUT2D eigenvalue weighted by atomic mass is 9.84. The Labute approximate surface area is 340 Å². The van der Waals surface area contributed by atoms with Gasteiger partial charge in [-0.05, 0) is 92.4 Å². The molecule has 0 amide bonds. The molecule has 56 heavy (non-hydrogen) atoms. The Morgan fingerprint density at radius 1 is 0.304 bits per heavy atom. The molecule has 282 valence electrons. The summed E-state index contributed by atoms with van der Waals surface area (Å²) in [6, 6.07) is 37.5. The van der Waals surface area contributed by atoms with Crippen LogP contribution in [0.2, 0.25) is 0 Å². The molecule has 2 aliphatic rings. The van der Waals surface area contributed by atoms with Crippen molar-refractivity contribution in [2.24, 2.45) is 0 Å². The highest BCUT2D eigenvalue weighted by atomic mass is 32.1. The quantitative estimate of drug-likeness (QED) is 0.154. The highest BCUT2D eigenvalue weighted by Gasteiger charge is 2.25. The summed E-state index contributed by atoms with van der Waals surface area (Å²) in [6.45, 7) is 27.6. The van der Waals surface area contributed by atoms with Crippen LogP contribution >= 0.6 is 22.7 Å². The monoisotopic (exact) mass is 768 g/mol. The van der Waals surface area contributed by atoms with E-state index in [2.05, 4.69) is 180 Å². The molecule has 0 fully saturated rings. The van der Waals surface area contributed by atoms with Crippen LogP contribution in [0.3, 0.4) is 0 Å². The first-order valence-corrected chi connectivity index (χ1v) is 21.6. The van der Waals surface area contributed by atoms with Gasteiger partial charge >= 0.3 is 0 Å². The maximum atomic E-state index is 5.51. The molecule has 4 aromatic carbocycles. The summed E-state index contributed by atoms with van der Waals surface area (Å²) >= 11 is 3.70. The molecule has 0 saturated heterocycles. The van der Waals surface area contributed by atoms with Crippen molar-refractivity contribution in [3.8, 4) is 45.0 Å². The van der Waals surface area contributed by atoms with Gasteiger partial charge in [-0.15, -0.1) is 22.7 Å². The van der Waals surface area contributed by atoms with E-state index in [-0.39, 0.29) is 21.7 Å². The molecule has 3 aromatic heterocycles. The van der Waals surface area contributed by atoms with E-state index in [1.54, 1.807) is 0 Å². The molecule has 4 heteroatoms. The number of thiophene rings is 2. The smallest absolute Gasteiger partial charge is 0.0730 e. The first kappa shape index (κ1) is 37.0. The second kappa shape index (κ2) is 12.4. The van der Waals surface area contributed by atoms with Crippen LogP contribution in [0, 0.1) is 0 Å². The minimum absolute atomic E-state index is 0.0165. The highest BCUT2D eigenvalue weighted by molar-refractivity contribution is 7.26. The molecule has 0 unspecified atom stereocenters. The van der Waals surface area contributed by atoms with E-state index in [0.29, 0.717) is 0 Å². The van der Waals surface area contributed by atoms with E-state index >= 15 is 0 Å². The van der Waals surface area contributed by atoms with E-state index in [0.717, 1.165) is 22.8 Å². The number of fused-ring (bicyclic) bond motifs is 20. The third-order valence-corrected chi connectivity index (χ3v) is 13.9. The van der Waals surface area contributed by atoms with E-state index in [1.807, 2.05) is 22.7 Å². The Hall–Kier alpha value is -4.64. The van der Waals surface area contributed by atoms with Gasteiger partial charge in [0.15, 0.2) is 0 Å². The normalized spacial score (nSPS) is 13.4. The largest absolute Gasteiger partial charge is 0.248 e. The van der Waals surface area contributed by atoms with Gasteiger partial charge in [0.05, 0.1) is 22.8 Å². The van der Waals surface area contributed by atoms with E-state index in [1.165, 1.54) is 84.9 Å². The zero-order valence-corrected chi connectivity index (χ0v) is 36.6. The van der Waals surface area contributed by atoms with Crippen LogP contribution in [-0.2, 0) is 21.7 Å². The number of benzene rings is 4. The molecular weight excluding hydrogens is 717 g/mol. The molecule has 0 N–H and O–H groups in total. The van der Waals surface area contributed by atoms with Gasteiger partial charge in [-0.2, -0.15) is 0 Å². The average Bonchev–Trinajstić information content (AvgIpc) is 3.84.